The van der Waals surface area contributed by atoms with Gasteiger partial charge in [-0.05, 0) is 31.7 Å². The van der Waals surface area contributed by atoms with E-state index in [1.165, 1.54) is 0 Å². The van der Waals surface area contributed by atoms with E-state index in [-0.39, 0.29) is 18.4 Å². The van der Waals surface area contributed by atoms with Crippen molar-refractivity contribution in [3.8, 4) is 0 Å². The van der Waals surface area contributed by atoms with Crippen LogP contribution in [0, 0.1) is 19.8 Å². The summed E-state index contributed by atoms with van der Waals surface area (Å²) >= 11 is 0. The van der Waals surface area contributed by atoms with Gasteiger partial charge in [-0.2, -0.15) is 5.10 Å². The first kappa shape index (κ1) is 20.2. The van der Waals surface area contributed by atoms with Gasteiger partial charge in [-0.15, -0.1) is 0 Å². The molecule has 0 aliphatic rings. The number of methoxy groups -OCH3 is 1. The molecule has 0 atom stereocenters. The molecule has 0 aliphatic carbocycles. The number of amides is 2. The molecule has 0 saturated heterocycles. The predicted molar refractivity (Wildman–Crippen MR) is 92.8 cm³/mol. The summed E-state index contributed by atoms with van der Waals surface area (Å²) in [6.07, 6.45) is 0.979. The number of carbonyl (C=O) groups excluding carboxylic acids is 2. The Morgan fingerprint density at radius 2 is 1.92 bits per heavy atom. The fraction of sp³-hybridized carbons (Fsp3) is 0.706. The molecule has 0 unspecified atom stereocenters. The number of hydrogen-bond acceptors (Lipinski definition) is 4. The highest BCUT2D eigenvalue weighted by Crippen LogP contribution is 2.16. The van der Waals surface area contributed by atoms with Crippen molar-refractivity contribution in [2.75, 3.05) is 26.8 Å². The van der Waals surface area contributed by atoms with E-state index in [9.17, 15) is 9.59 Å². The number of hydrogen-bond donors (Lipinski definition) is 2. The maximum absolute atomic E-state index is 11.9. The molecule has 0 fully saturated rings. The third-order valence-corrected chi connectivity index (χ3v) is 3.75. The molecular formula is C17H30N4O3. The minimum absolute atomic E-state index is 0.00682. The molecule has 7 heteroatoms. The van der Waals surface area contributed by atoms with E-state index < -0.39 is 0 Å². The van der Waals surface area contributed by atoms with Crippen LogP contribution in [-0.2, 0) is 27.3 Å². The summed E-state index contributed by atoms with van der Waals surface area (Å²) in [5, 5.41) is 9.85. The number of aryl methyl sites for hydroxylation is 1. The molecule has 1 heterocycles. The van der Waals surface area contributed by atoms with Crippen LogP contribution in [0.1, 0.15) is 37.2 Å². The summed E-state index contributed by atoms with van der Waals surface area (Å²) in [4.78, 5) is 23.4. The van der Waals surface area contributed by atoms with E-state index >= 15 is 0 Å². The number of aromatic nitrogens is 2. The number of rotatable bonds is 10. The average molecular weight is 338 g/mol. The lowest BCUT2D eigenvalue weighted by Gasteiger charge is -2.08. The van der Waals surface area contributed by atoms with Gasteiger partial charge in [0.25, 0.3) is 0 Å². The fourth-order valence-corrected chi connectivity index (χ4v) is 2.48. The first-order valence-corrected chi connectivity index (χ1v) is 8.40. The van der Waals surface area contributed by atoms with Gasteiger partial charge in [0.1, 0.15) is 0 Å². The lowest BCUT2D eigenvalue weighted by Crippen LogP contribution is -2.38. The summed E-state index contributed by atoms with van der Waals surface area (Å²) in [5.74, 6) is 0.181. The van der Waals surface area contributed by atoms with Gasteiger partial charge in [0.2, 0.25) is 11.8 Å². The Bertz CT molecular complexity index is 552. The number of carbonyl (C=O) groups is 2. The Balaban J connectivity index is 2.42. The van der Waals surface area contributed by atoms with Gasteiger partial charge in [-0.25, -0.2) is 0 Å². The summed E-state index contributed by atoms with van der Waals surface area (Å²) in [5.41, 5.74) is 3.21. The maximum atomic E-state index is 11.9. The summed E-state index contributed by atoms with van der Waals surface area (Å²) < 4.78 is 6.85. The van der Waals surface area contributed by atoms with Crippen LogP contribution < -0.4 is 10.6 Å². The zero-order valence-electron chi connectivity index (χ0n) is 15.4. The molecule has 0 spiro atoms. The Labute approximate surface area is 144 Å². The molecule has 1 rings (SSSR count). The van der Waals surface area contributed by atoms with Crippen molar-refractivity contribution in [3.05, 3.63) is 17.0 Å². The molecule has 0 bridgehead atoms. The third kappa shape index (κ3) is 6.70. The summed E-state index contributed by atoms with van der Waals surface area (Å²) in [6, 6.07) is 0. The zero-order valence-corrected chi connectivity index (χ0v) is 15.4. The van der Waals surface area contributed by atoms with Crippen molar-refractivity contribution in [2.24, 2.45) is 5.92 Å². The van der Waals surface area contributed by atoms with Gasteiger partial charge in [0.15, 0.2) is 0 Å². The topological polar surface area (TPSA) is 85.2 Å². The molecule has 2 N–H and O–H groups in total. The van der Waals surface area contributed by atoms with E-state index in [0.29, 0.717) is 31.9 Å². The first-order valence-electron chi connectivity index (χ1n) is 8.40. The second-order valence-electron chi connectivity index (χ2n) is 6.34. The SMILES string of the molecule is COCCNC(=O)CNC(=O)CCc1c(C)nn(CC(C)C)c1C. The van der Waals surface area contributed by atoms with Crippen LogP contribution in [0.15, 0.2) is 0 Å². The van der Waals surface area contributed by atoms with Crippen LogP contribution in [0.4, 0.5) is 0 Å². The van der Waals surface area contributed by atoms with Crippen molar-refractivity contribution in [3.63, 3.8) is 0 Å². The smallest absolute Gasteiger partial charge is 0.239 e. The van der Waals surface area contributed by atoms with Gasteiger partial charge in [0.05, 0.1) is 18.8 Å². The first-order chi connectivity index (χ1) is 11.3. The van der Waals surface area contributed by atoms with E-state index in [0.717, 1.165) is 23.5 Å². The second-order valence-corrected chi connectivity index (χ2v) is 6.34. The van der Waals surface area contributed by atoms with Crippen molar-refractivity contribution in [1.82, 2.24) is 20.4 Å². The molecule has 7 nitrogen and oxygen atoms in total. The van der Waals surface area contributed by atoms with Gasteiger partial charge in [-0.1, -0.05) is 13.8 Å². The molecule has 0 aliphatic heterocycles. The lowest BCUT2D eigenvalue weighted by molar-refractivity contribution is -0.126. The van der Waals surface area contributed by atoms with Gasteiger partial charge >= 0.3 is 0 Å². The molecule has 1 aromatic heterocycles. The fourth-order valence-electron chi connectivity index (χ4n) is 2.48. The van der Waals surface area contributed by atoms with E-state index in [2.05, 4.69) is 29.6 Å². The molecule has 24 heavy (non-hydrogen) atoms. The van der Waals surface area contributed by atoms with Crippen LogP contribution in [0.25, 0.3) is 0 Å². The van der Waals surface area contributed by atoms with Gasteiger partial charge < -0.3 is 15.4 Å². The number of nitrogens with one attached hydrogen (secondary N) is 2. The largest absolute Gasteiger partial charge is 0.383 e. The molecule has 0 aromatic carbocycles. The highest BCUT2D eigenvalue weighted by molar-refractivity contribution is 5.84. The second kappa shape index (κ2) is 10.1. The number of ether oxygens (including phenoxy) is 1. The Morgan fingerprint density at radius 1 is 1.21 bits per heavy atom. The minimum Gasteiger partial charge on any atom is -0.383 e. The molecule has 0 saturated carbocycles. The molecule has 2 amide bonds. The Morgan fingerprint density at radius 3 is 2.54 bits per heavy atom. The number of nitrogens with zero attached hydrogens (tertiary/aromatic N) is 2. The molecule has 0 radical (unpaired) electrons. The van der Waals surface area contributed by atoms with E-state index in [1.807, 2.05) is 18.5 Å². The monoisotopic (exact) mass is 338 g/mol. The van der Waals surface area contributed by atoms with Crippen LogP contribution >= 0.6 is 0 Å². The maximum Gasteiger partial charge on any atom is 0.239 e. The Hall–Kier alpha value is -1.89. The van der Waals surface area contributed by atoms with Crippen LogP contribution in [0.2, 0.25) is 0 Å². The molecular weight excluding hydrogens is 308 g/mol. The average Bonchev–Trinajstić information content (AvgIpc) is 2.77. The molecule has 136 valence electrons. The highest BCUT2D eigenvalue weighted by Gasteiger charge is 2.14. The van der Waals surface area contributed by atoms with E-state index in [1.54, 1.807) is 7.11 Å². The third-order valence-electron chi connectivity index (χ3n) is 3.75. The van der Waals surface area contributed by atoms with Crippen LogP contribution in [0.5, 0.6) is 0 Å². The normalized spacial score (nSPS) is 10.9. The van der Waals surface area contributed by atoms with Crippen molar-refractivity contribution in [1.29, 1.82) is 0 Å². The summed E-state index contributed by atoms with van der Waals surface area (Å²) in [7, 11) is 1.57. The minimum atomic E-state index is -0.211. The van der Waals surface area contributed by atoms with Gasteiger partial charge in [-0.3, -0.25) is 14.3 Å². The van der Waals surface area contributed by atoms with Crippen molar-refractivity contribution >= 4 is 11.8 Å². The quantitative estimate of drug-likeness (QED) is 0.623. The van der Waals surface area contributed by atoms with Gasteiger partial charge in [0, 0.05) is 32.3 Å². The van der Waals surface area contributed by atoms with Crippen molar-refractivity contribution in [2.45, 2.75) is 47.1 Å². The van der Waals surface area contributed by atoms with Crippen LogP contribution in [0.3, 0.4) is 0 Å². The lowest BCUT2D eigenvalue weighted by atomic mass is 10.1. The van der Waals surface area contributed by atoms with Crippen LogP contribution in [-0.4, -0.2) is 48.4 Å². The van der Waals surface area contributed by atoms with Crippen molar-refractivity contribution < 1.29 is 14.3 Å². The standard InChI is InChI=1S/C17H30N4O3/c1-12(2)11-21-14(4)15(13(3)20-21)6-7-16(22)19-10-17(23)18-8-9-24-5/h12H,6-11H2,1-5H3,(H,18,23)(H,19,22). The predicted octanol–water partition coefficient (Wildman–Crippen LogP) is 0.967. The zero-order chi connectivity index (χ0) is 18.1. The molecule has 1 aromatic rings. The Kier molecular flexibility index (Phi) is 8.46. The van der Waals surface area contributed by atoms with E-state index in [4.69, 9.17) is 4.74 Å². The highest BCUT2D eigenvalue weighted by atomic mass is 16.5. The summed E-state index contributed by atoms with van der Waals surface area (Å²) in [6.45, 7) is 10.1.